The average molecular weight is 594 g/mol. The van der Waals surface area contributed by atoms with Gasteiger partial charge in [-0.15, -0.1) is 0 Å². The Morgan fingerprint density at radius 3 is 1.64 bits per heavy atom. The molecule has 0 atom stereocenters. The zero-order chi connectivity index (χ0) is 28.2. The quantitative estimate of drug-likeness (QED) is 0.135. The lowest BCUT2D eigenvalue weighted by molar-refractivity contribution is -0.146. The standard InChI is InChI=1S/C25H36ClNO11S/c26-23-20-24(28)27(39(23,30)31)7-9-33-11-13-35-15-17-37-19-18-36-16-14-34-12-10-32-8-6-25(29)38-21-22-4-2-1-3-5-22/h1-5,20H,6-19,21H2. The summed E-state index contributed by atoms with van der Waals surface area (Å²) in [6.07, 6.45) is 1.06. The van der Waals surface area contributed by atoms with Crippen LogP contribution in [0.15, 0.2) is 40.8 Å². The van der Waals surface area contributed by atoms with Crippen LogP contribution < -0.4 is 0 Å². The maximum Gasteiger partial charge on any atom is 0.308 e. The van der Waals surface area contributed by atoms with Gasteiger partial charge in [0.1, 0.15) is 6.61 Å². The molecule has 0 N–H and O–H groups in total. The maximum atomic E-state index is 11.8. The van der Waals surface area contributed by atoms with Crippen LogP contribution in [-0.4, -0.2) is 110 Å². The largest absolute Gasteiger partial charge is 0.461 e. The van der Waals surface area contributed by atoms with Crippen molar-refractivity contribution in [3.05, 3.63) is 46.3 Å². The molecule has 0 radical (unpaired) electrons. The molecule has 0 spiro atoms. The molecule has 1 aromatic carbocycles. The Labute approximate surface area is 234 Å². The monoisotopic (exact) mass is 593 g/mol. The predicted octanol–water partition coefficient (Wildman–Crippen LogP) is 1.47. The van der Waals surface area contributed by atoms with E-state index < -0.39 is 20.3 Å². The average Bonchev–Trinajstić information content (AvgIpc) is 3.12. The molecule has 1 aromatic rings. The van der Waals surface area contributed by atoms with E-state index >= 15 is 0 Å². The summed E-state index contributed by atoms with van der Waals surface area (Å²) in [5, 5.41) is 0. The molecule has 0 aliphatic carbocycles. The Balaban J connectivity index is 1.25. The van der Waals surface area contributed by atoms with E-state index in [1.807, 2.05) is 30.3 Å². The third kappa shape index (κ3) is 14.2. The molecule has 12 nitrogen and oxygen atoms in total. The van der Waals surface area contributed by atoms with Crippen molar-refractivity contribution in [1.29, 1.82) is 0 Å². The third-order valence-corrected chi connectivity index (χ3v) is 7.26. The summed E-state index contributed by atoms with van der Waals surface area (Å²) >= 11 is 5.52. The van der Waals surface area contributed by atoms with Crippen LogP contribution in [0.4, 0.5) is 0 Å². The third-order valence-electron chi connectivity index (χ3n) is 5.01. The van der Waals surface area contributed by atoms with Crippen LogP contribution >= 0.6 is 11.6 Å². The predicted molar refractivity (Wildman–Crippen MR) is 140 cm³/mol. The van der Waals surface area contributed by atoms with Crippen molar-refractivity contribution in [2.24, 2.45) is 0 Å². The normalized spacial score (nSPS) is 14.5. The van der Waals surface area contributed by atoms with E-state index in [4.69, 9.17) is 44.8 Å². The summed E-state index contributed by atoms with van der Waals surface area (Å²) < 4.78 is 61.1. The van der Waals surface area contributed by atoms with Crippen LogP contribution in [0, 0.1) is 0 Å². The van der Waals surface area contributed by atoms with E-state index in [1.165, 1.54) is 0 Å². The lowest BCUT2D eigenvalue weighted by Gasteiger charge is -2.15. The zero-order valence-corrected chi connectivity index (χ0v) is 23.4. The minimum absolute atomic E-state index is 0.0446. The summed E-state index contributed by atoms with van der Waals surface area (Å²) in [6, 6.07) is 9.49. The fourth-order valence-electron chi connectivity index (χ4n) is 3.01. The summed E-state index contributed by atoms with van der Waals surface area (Å²) in [6.45, 7) is 4.26. The van der Waals surface area contributed by atoms with Gasteiger partial charge in [0.25, 0.3) is 15.9 Å². The molecular weight excluding hydrogens is 558 g/mol. The Morgan fingerprint density at radius 2 is 1.18 bits per heavy atom. The molecule has 1 aliphatic rings. The molecule has 0 saturated carbocycles. The lowest BCUT2D eigenvalue weighted by Crippen LogP contribution is -2.33. The van der Waals surface area contributed by atoms with Crippen molar-refractivity contribution < 1.29 is 51.2 Å². The number of ether oxygens (including phenoxy) is 7. The number of rotatable bonds is 23. The molecule has 1 amide bonds. The van der Waals surface area contributed by atoms with Crippen molar-refractivity contribution in [2.45, 2.75) is 13.0 Å². The maximum absolute atomic E-state index is 11.8. The van der Waals surface area contributed by atoms with Crippen molar-refractivity contribution in [3.63, 3.8) is 0 Å². The Hall–Kier alpha value is -2.10. The van der Waals surface area contributed by atoms with Gasteiger partial charge in [0.15, 0.2) is 4.36 Å². The van der Waals surface area contributed by atoms with Gasteiger partial charge in [0.05, 0.1) is 92.2 Å². The summed E-state index contributed by atoms with van der Waals surface area (Å²) in [4.78, 5) is 23.2. The second-order valence-corrected chi connectivity index (χ2v) is 10.4. The van der Waals surface area contributed by atoms with E-state index in [-0.39, 0.29) is 45.4 Å². The summed E-state index contributed by atoms with van der Waals surface area (Å²) in [7, 11) is -3.90. The zero-order valence-electron chi connectivity index (χ0n) is 21.8. The summed E-state index contributed by atoms with van der Waals surface area (Å²) in [5.41, 5.74) is 0.945. The van der Waals surface area contributed by atoms with E-state index in [0.29, 0.717) is 63.8 Å². The number of sulfonamides is 1. The molecule has 0 fully saturated rings. The van der Waals surface area contributed by atoms with Crippen molar-refractivity contribution in [1.82, 2.24) is 4.31 Å². The molecule has 1 aliphatic heterocycles. The summed E-state index contributed by atoms with van der Waals surface area (Å²) in [5.74, 6) is -0.977. The highest BCUT2D eigenvalue weighted by Crippen LogP contribution is 2.24. The van der Waals surface area contributed by atoms with Gasteiger partial charge in [-0.05, 0) is 5.56 Å². The first-order chi connectivity index (χ1) is 18.9. The number of nitrogens with zero attached hydrogens (tertiary/aromatic N) is 1. The number of amides is 1. The van der Waals surface area contributed by atoms with Crippen molar-refractivity contribution >= 4 is 33.5 Å². The smallest absolute Gasteiger partial charge is 0.308 e. The molecule has 14 heteroatoms. The second-order valence-electron chi connectivity index (χ2n) is 7.93. The molecule has 220 valence electrons. The van der Waals surface area contributed by atoms with Gasteiger partial charge in [-0.25, -0.2) is 4.31 Å². The first kappa shape index (κ1) is 33.1. The number of halogens is 1. The van der Waals surface area contributed by atoms with Crippen LogP contribution in [0.1, 0.15) is 12.0 Å². The highest BCUT2D eigenvalue weighted by Gasteiger charge is 2.35. The van der Waals surface area contributed by atoms with Crippen LogP contribution in [-0.2, 0) is 59.4 Å². The number of esters is 1. The van der Waals surface area contributed by atoms with Crippen LogP contribution in [0.25, 0.3) is 0 Å². The molecule has 39 heavy (non-hydrogen) atoms. The first-order valence-electron chi connectivity index (χ1n) is 12.5. The van der Waals surface area contributed by atoms with Crippen LogP contribution in [0.2, 0.25) is 0 Å². The molecular formula is C25H36ClNO11S. The Kier molecular flexibility index (Phi) is 16.9. The van der Waals surface area contributed by atoms with Crippen LogP contribution in [0.5, 0.6) is 0 Å². The molecule has 1 heterocycles. The second kappa shape index (κ2) is 19.9. The number of carbonyl (C=O) groups is 2. The number of hydrogen-bond acceptors (Lipinski definition) is 11. The topological polar surface area (TPSA) is 136 Å². The van der Waals surface area contributed by atoms with Gasteiger partial charge in [-0.2, -0.15) is 8.42 Å². The molecule has 0 saturated heterocycles. The lowest BCUT2D eigenvalue weighted by atomic mass is 10.2. The van der Waals surface area contributed by atoms with Gasteiger partial charge in [0, 0.05) is 6.08 Å². The molecule has 2 rings (SSSR count). The first-order valence-corrected chi connectivity index (χ1v) is 14.3. The highest BCUT2D eigenvalue weighted by molar-refractivity contribution is 7.95. The molecule has 0 aromatic heterocycles. The minimum Gasteiger partial charge on any atom is -0.461 e. The van der Waals surface area contributed by atoms with Gasteiger partial charge in [-0.1, -0.05) is 41.9 Å². The van der Waals surface area contributed by atoms with Gasteiger partial charge in [0.2, 0.25) is 0 Å². The van der Waals surface area contributed by atoms with E-state index in [2.05, 4.69) is 0 Å². The van der Waals surface area contributed by atoms with E-state index in [0.717, 1.165) is 11.6 Å². The van der Waals surface area contributed by atoms with E-state index in [9.17, 15) is 18.0 Å². The Bertz CT molecular complexity index is 975. The molecule has 0 unspecified atom stereocenters. The van der Waals surface area contributed by atoms with Gasteiger partial charge >= 0.3 is 5.97 Å². The number of hydrogen-bond donors (Lipinski definition) is 0. The van der Waals surface area contributed by atoms with Crippen LogP contribution in [0.3, 0.4) is 0 Å². The SMILES string of the molecule is O=C(CCOCCOCCOCCOCCOCCOCCN1C(=O)C=C(Cl)S1(=O)=O)OCc1ccccc1. The fraction of sp³-hybridized carbons (Fsp3) is 0.600. The van der Waals surface area contributed by atoms with Crippen molar-refractivity contribution in [2.75, 3.05) is 85.8 Å². The minimum atomic E-state index is -3.90. The number of benzene rings is 1. The van der Waals surface area contributed by atoms with E-state index in [1.54, 1.807) is 0 Å². The molecule has 0 bridgehead atoms. The fourth-order valence-corrected chi connectivity index (χ4v) is 4.42. The van der Waals surface area contributed by atoms with Gasteiger partial charge < -0.3 is 33.2 Å². The number of carbonyl (C=O) groups excluding carboxylic acids is 2. The van der Waals surface area contributed by atoms with Crippen molar-refractivity contribution in [3.8, 4) is 0 Å². The Morgan fingerprint density at radius 1 is 0.718 bits per heavy atom. The highest BCUT2D eigenvalue weighted by atomic mass is 35.5. The van der Waals surface area contributed by atoms with Gasteiger partial charge in [-0.3, -0.25) is 9.59 Å².